The minimum absolute atomic E-state index is 0.482. The molecule has 0 bridgehead atoms. The Labute approximate surface area is 162 Å². The van der Waals surface area contributed by atoms with E-state index in [1.807, 2.05) is 6.07 Å². The third kappa shape index (κ3) is 5.56. The summed E-state index contributed by atoms with van der Waals surface area (Å²) in [5, 5.41) is 7.93. The summed E-state index contributed by atoms with van der Waals surface area (Å²) >= 11 is 5.33. The summed E-state index contributed by atoms with van der Waals surface area (Å²) < 4.78 is 0. The Morgan fingerprint density at radius 2 is 1.73 bits per heavy atom. The van der Waals surface area contributed by atoms with E-state index >= 15 is 0 Å². The van der Waals surface area contributed by atoms with Gasteiger partial charge in [0.05, 0.1) is 6.21 Å². The summed E-state index contributed by atoms with van der Waals surface area (Å²) in [7, 11) is 0. The minimum atomic E-state index is 0.482. The normalized spacial score (nSPS) is 10.8. The molecular formula is C21H28N4S. The Balaban J connectivity index is 1.92. The lowest BCUT2D eigenvalue weighted by Gasteiger charge is -2.22. The van der Waals surface area contributed by atoms with Crippen molar-refractivity contribution in [2.45, 2.75) is 34.1 Å². The summed E-state index contributed by atoms with van der Waals surface area (Å²) in [5.41, 5.74) is 8.49. The first kappa shape index (κ1) is 19.9. The number of benzene rings is 2. The van der Waals surface area contributed by atoms with Gasteiger partial charge in [-0.2, -0.15) is 5.10 Å². The van der Waals surface area contributed by atoms with Crippen LogP contribution in [-0.2, 0) is 0 Å². The van der Waals surface area contributed by atoms with E-state index in [0.29, 0.717) is 5.11 Å². The lowest BCUT2D eigenvalue weighted by atomic mass is 10.1. The number of para-hydroxylation sites is 1. The second-order valence-corrected chi connectivity index (χ2v) is 6.67. The summed E-state index contributed by atoms with van der Waals surface area (Å²) in [4.78, 5) is 2.36. The zero-order chi connectivity index (χ0) is 18.9. The number of hydrogen-bond donors (Lipinski definition) is 2. The SMILES string of the molecule is CCCN(CC)c1ccc(C=NNC(=S)Nc2c(C)cccc2C)cc1. The van der Waals surface area contributed by atoms with Crippen molar-refractivity contribution in [2.75, 3.05) is 23.3 Å². The van der Waals surface area contributed by atoms with Crippen LogP contribution in [0.25, 0.3) is 0 Å². The fraction of sp³-hybridized carbons (Fsp3) is 0.333. The van der Waals surface area contributed by atoms with Crippen molar-refractivity contribution in [1.82, 2.24) is 5.43 Å². The highest BCUT2D eigenvalue weighted by atomic mass is 32.1. The number of hydrogen-bond acceptors (Lipinski definition) is 3. The van der Waals surface area contributed by atoms with Crippen molar-refractivity contribution in [3.05, 3.63) is 59.2 Å². The predicted octanol–water partition coefficient (Wildman–Crippen LogP) is 4.86. The molecule has 0 radical (unpaired) electrons. The number of nitrogens with zero attached hydrogens (tertiary/aromatic N) is 2. The van der Waals surface area contributed by atoms with Crippen molar-refractivity contribution < 1.29 is 0 Å². The van der Waals surface area contributed by atoms with Crippen LogP contribution in [0.2, 0.25) is 0 Å². The molecule has 4 nitrogen and oxygen atoms in total. The average molecular weight is 369 g/mol. The van der Waals surface area contributed by atoms with Gasteiger partial charge in [0, 0.05) is 24.5 Å². The van der Waals surface area contributed by atoms with E-state index in [9.17, 15) is 0 Å². The van der Waals surface area contributed by atoms with Crippen molar-refractivity contribution >= 4 is 34.9 Å². The molecule has 138 valence electrons. The van der Waals surface area contributed by atoms with Gasteiger partial charge >= 0.3 is 0 Å². The molecule has 26 heavy (non-hydrogen) atoms. The molecule has 0 saturated carbocycles. The number of aryl methyl sites for hydroxylation is 2. The molecule has 0 aliphatic rings. The van der Waals surface area contributed by atoms with Crippen molar-refractivity contribution in [3.63, 3.8) is 0 Å². The number of thiocarbonyl (C=S) groups is 1. The molecular weight excluding hydrogens is 340 g/mol. The smallest absolute Gasteiger partial charge is 0.191 e. The van der Waals surface area contributed by atoms with Gasteiger partial charge in [0.15, 0.2) is 5.11 Å². The Kier molecular flexibility index (Phi) is 7.60. The molecule has 0 atom stereocenters. The molecule has 2 N–H and O–H groups in total. The van der Waals surface area contributed by atoms with Crippen LogP contribution in [0.1, 0.15) is 37.0 Å². The van der Waals surface area contributed by atoms with Crippen LogP contribution in [0.15, 0.2) is 47.6 Å². The predicted molar refractivity (Wildman–Crippen MR) is 117 cm³/mol. The first-order chi connectivity index (χ1) is 12.5. The topological polar surface area (TPSA) is 39.7 Å². The third-order valence-corrected chi connectivity index (χ3v) is 4.43. The van der Waals surface area contributed by atoms with E-state index in [4.69, 9.17) is 12.2 Å². The van der Waals surface area contributed by atoms with Crippen LogP contribution in [0.3, 0.4) is 0 Å². The van der Waals surface area contributed by atoms with Crippen LogP contribution in [0.4, 0.5) is 11.4 Å². The Bertz CT molecular complexity index is 733. The van der Waals surface area contributed by atoms with Gasteiger partial charge in [-0.3, -0.25) is 5.43 Å². The molecule has 0 spiro atoms. The summed E-state index contributed by atoms with van der Waals surface area (Å²) in [6, 6.07) is 14.6. The summed E-state index contributed by atoms with van der Waals surface area (Å²) in [6.45, 7) is 10.6. The third-order valence-electron chi connectivity index (χ3n) is 4.23. The Morgan fingerprint density at radius 1 is 1.08 bits per heavy atom. The van der Waals surface area contributed by atoms with E-state index in [0.717, 1.165) is 41.9 Å². The van der Waals surface area contributed by atoms with Gasteiger partial charge in [-0.1, -0.05) is 37.3 Å². The molecule has 2 rings (SSSR count). The number of rotatable bonds is 7. The van der Waals surface area contributed by atoms with Crippen LogP contribution in [0.5, 0.6) is 0 Å². The zero-order valence-electron chi connectivity index (χ0n) is 16.0. The molecule has 0 saturated heterocycles. The lowest BCUT2D eigenvalue weighted by Crippen LogP contribution is -2.24. The zero-order valence-corrected chi connectivity index (χ0v) is 16.9. The highest BCUT2D eigenvalue weighted by Crippen LogP contribution is 2.19. The number of anilines is 2. The van der Waals surface area contributed by atoms with Crippen LogP contribution in [-0.4, -0.2) is 24.4 Å². The van der Waals surface area contributed by atoms with Crippen molar-refractivity contribution in [3.8, 4) is 0 Å². The molecule has 2 aromatic carbocycles. The highest BCUT2D eigenvalue weighted by Gasteiger charge is 2.04. The molecule has 0 aromatic heterocycles. The van der Waals surface area contributed by atoms with Gasteiger partial charge < -0.3 is 10.2 Å². The van der Waals surface area contributed by atoms with Gasteiger partial charge in [0.25, 0.3) is 0 Å². The first-order valence-electron chi connectivity index (χ1n) is 9.06. The molecule has 0 fully saturated rings. The maximum absolute atomic E-state index is 5.33. The number of hydrazone groups is 1. The molecule has 0 unspecified atom stereocenters. The number of nitrogens with one attached hydrogen (secondary N) is 2. The highest BCUT2D eigenvalue weighted by molar-refractivity contribution is 7.80. The van der Waals surface area contributed by atoms with Crippen molar-refractivity contribution in [1.29, 1.82) is 0 Å². The van der Waals surface area contributed by atoms with E-state index in [-0.39, 0.29) is 0 Å². The first-order valence-corrected chi connectivity index (χ1v) is 9.47. The quantitative estimate of drug-likeness (QED) is 0.416. The van der Waals surface area contributed by atoms with E-state index in [1.54, 1.807) is 6.21 Å². The summed E-state index contributed by atoms with van der Waals surface area (Å²) in [5.74, 6) is 0. The largest absolute Gasteiger partial charge is 0.372 e. The standard InChI is InChI=1S/C21H28N4S/c1-5-14-25(6-2)19-12-10-18(11-13-19)15-22-24-21(26)23-20-16(3)8-7-9-17(20)4/h7-13,15H,5-6,14H2,1-4H3,(H2,23,24,26). The maximum Gasteiger partial charge on any atom is 0.191 e. The minimum Gasteiger partial charge on any atom is -0.372 e. The van der Waals surface area contributed by atoms with Crippen LogP contribution >= 0.6 is 12.2 Å². The average Bonchev–Trinajstić information content (AvgIpc) is 2.63. The molecule has 0 heterocycles. The maximum atomic E-state index is 5.33. The fourth-order valence-corrected chi connectivity index (χ4v) is 2.98. The second-order valence-electron chi connectivity index (χ2n) is 6.26. The van der Waals surface area contributed by atoms with Gasteiger partial charge in [-0.25, -0.2) is 0 Å². The molecule has 0 amide bonds. The van der Waals surface area contributed by atoms with Gasteiger partial charge in [-0.15, -0.1) is 0 Å². The molecule has 2 aromatic rings. The summed E-state index contributed by atoms with van der Waals surface area (Å²) in [6.07, 6.45) is 2.92. The van der Waals surface area contributed by atoms with E-state index in [2.05, 4.69) is 84.8 Å². The van der Waals surface area contributed by atoms with Crippen LogP contribution in [0, 0.1) is 13.8 Å². The Morgan fingerprint density at radius 3 is 2.31 bits per heavy atom. The van der Waals surface area contributed by atoms with E-state index in [1.165, 1.54) is 5.69 Å². The van der Waals surface area contributed by atoms with E-state index < -0.39 is 0 Å². The second kappa shape index (κ2) is 9.92. The molecule has 0 aliphatic heterocycles. The Hall–Kier alpha value is -2.40. The van der Waals surface area contributed by atoms with Gasteiger partial charge in [-0.05, 0) is 68.2 Å². The van der Waals surface area contributed by atoms with Gasteiger partial charge in [0.1, 0.15) is 0 Å². The fourth-order valence-electron chi connectivity index (χ4n) is 2.83. The lowest BCUT2D eigenvalue weighted by molar-refractivity contribution is 0.792. The molecule has 5 heteroatoms. The molecule has 0 aliphatic carbocycles. The van der Waals surface area contributed by atoms with Gasteiger partial charge in [0.2, 0.25) is 0 Å². The monoisotopic (exact) mass is 368 g/mol. The van der Waals surface area contributed by atoms with Crippen LogP contribution < -0.4 is 15.6 Å². The van der Waals surface area contributed by atoms with Crippen molar-refractivity contribution in [2.24, 2.45) is 5.10 Å².